The SMILES string of the molecule is Cn1c(=O)cc(N2NC(=O)CC2=O)c2ccccc21. The molecule has 1 aromatic heterocycles. The molecule has 1 N–H and O–H groups in total. The van der Waals surface area contributed by atoms with Crippen LogP contribution in [0.15, 0.2) is 35.1 Å². The predicted octanol–water partition coefficient (Wildman–Crippen LogP) is 0.306. The molecule has 1 aliphatic rings. The van der Waals surface area contributed by atoms with Gasteiger partial charge in [0, 0.05) is 18.5 Å². The fraction of sp³-hybridized carbons (Fsp3) is 0.154. The number of hydrogen-bond acceptors (Lipinski definition) is 3. The first-order valence-corrected chi connectivity index (χ1v) is 5.79. The predicted molar refractivity (Wildman–Crippen MR) is 69.4 cm³/mol. The molecule has 2 aromatic rings. The third-order valence-electron chi connectivity index (χ3n) is 3.17. The van der Waals surface area contributed by atoms with Crippen molar-refractivity contribution in [3.8, 4) is 0 Å². The van der Waals surface area contributed by atoms with E-state index in [0.717, 1.165) is 10.4 Å². The van der Waals surface area contributed by atoms with Gasteiger partial charge in [-0.1, -0.05) is 18.2 Å². The van der Waals surface area contributed by atoms with E-state index in [9.17, 15) is 14.4 Å². The lowest BCUT2D eigenvalue weighted by atomic mass is 10.1. The molecular weight excluding hydrogens is 246 g/mol. The number of carbonyl (C=O) groups excluding carboxylic acids is 2. The molecule has 1 fully saturated rings. The summed E-state index contributed by atoms with van der Waals surface area (Å²) in [6.07, 6.45) is -0.191. The minimum Gasteiger partial charge on any atom is -0.311 e. The number of fused-ring (bicyclic) bond motifs is 1. The molecule has 2 heterocycles. The van der Waals surface area contributed by atoms with E-state index >= 15 is 0 Å². The van der Waals surface area contributed by atoms with Gasteiger partial charge in [-0.05, 0) is 6.07 Å². The van der Waals surface area contributed by atoms with Gasteiger partial charge in [0.25, 0.3) is 11.5 Å². The molecule has 0 unspecified atom stereocenters. The van der Waals surface area contributed by atoms with Crippen molar-refractivity contribution in [3.05, 3.63) is 40.7 Å². The lowest BCUT2D eigenvalue weighted by molar-refractivity contribution is -0.122. The molecule has 0 saturated carbocycles. The molecule has 3 rings (SSSR count). The van der Waals surface area contributed by atoms with E-state index in [2.05, 4.69) is 5.43 Å². The zero-order valence-electron chi connectivity index (χ0n) is 10.2. The van der Waals surface area contributed by atoms with E-state index in [1.54, 1.807) is 13.1 Å². The van der Waals surface area contributed by atoms with Crippen molar-refractivity contribution < 1.29 is 9.59 Å². The summed E-state index contributed by atoms with van der Waals surface area (Å²) in [6, 6.07) is 8.59. The summed E-state index contributed by atoms with van der Waals surface area (Å²) in [5, 5.41) is 1.88. The van der Waals surface area contributed by atoms with Crippen LogP contribution < -0.4 is 16.0 Å². The minimum absolute atomic E-state index is 0.191. The number of rotatable bonds is 1. The molecular formula is C13H11N3O3. The summed E-state index contributed by atoms with van der Waals surface area (Å²) in [4.78, 5) is 34.9. The highest BCUT2D eigenvalue weighted by Gasteiger charge is 2.29. The molecule has 0 radical (unpaired) electrons. The molecule has 0 spiro atoms. The van der Waals surface area contributed by atoms with Gasteiger partial charge in [-0.15, -0.1) is 0 Å². The first-order chi connectivity index (χ1) is 9.08. The van der Waals surface area contributed by atoms with Gasteiger partial charge in [-0.2, -0.15) is 0 Å². The number of aryl methyl sites for hydroxylation is 1. The van der Waals surface area contributed by atoms with Crippen LogP contribution in [0.4, 0.5) is 5.69 Å². The summed E-state index contributed by atoms with van der Waals surface area (Å²) in [5.74, 6) is -0.724. The van der Waals surface area contributed by atoms with Gasteiger partial charge in [0.05, 0.1) is 11.2 Å². The molecule has 0 bridgehead atoms. The molecule has 1 saturated heterocycles. The number of hydrazine groups is 1. The van der Waals surface area contributed by atoms with Crippen LogP contribution in [0.25, 0.3) is 10.9 Å². The van der Waals surface area contributed by atoms with E-state index in [4.69, 9.17) is 0 Å². The molecule has 2 amide bonds. The van der Waals surface area contributed by atoms with E-state index < -0.39 is 0 Å². The van der Waals surface area contributed by atoms with Gasteiger partial charge in [-0.3, -0.25) is 19.8 Å². The van der Waals surface area contributed by atoms with Crippen molar-refractivity contribution in [1.29, 1.82) is 0 Å². The first-order valence-electron chi connectivity index (χ1n) is 5.79. The Morgan fingerprint density at radius 2 is 1.89 bits per heavy atom. The fourth-order valence-electron chi connectivity index (χ4n) is 2.22. The summed E-state index contributed by atoms with van der Waals surface area (Å²) >= 11 is 0. The van der Waals surface area contributed by atoms with Gasteiger partial charge >= 0.3 is 0 Å². The molecule has 1 aromatic carbocycles. The average Bonchev–Trinajstić information content (AvgIpc) is 2.73. The van der Waals surface area contributed by atoms with E-state index in [1.807, 2.05) is 18.2 Å². The Kier molecular flexibility index (Phi) is 2.38. The average molecular weight is 257 g/mol. The molecule has 6 nitrogen and oxygen atoms in total. The lowest BCUT2D eigenvalue weighted by Crippen LogP contribution is -2.37. The van der Waals surface area contributed by atoms with Crippen LogP contribution >= 0.6 is 0 Å². The minimum atomic E-state index is -0.366. The molecule has 0 aliphatic carbocycles. The number of pyridine rings is 1. The van der Waals surface area contributed by atoms with Gasteiger partial charge in [0.15, 0.2) is 0 Å². The summed E-state index contributed by atoms with van der Waals surface area (Å²) in [5.41, 5.74) is 3.34. The van der Waals surface area contributed by atoms with E-state index in [0.29, 0.717) is 11.2 Å². The highest BCUT2D eigenvalue weighted by Crippen LogP contribution is 2.25. The number of hydrogen-bond donors (Lipinski definition) is 1. The fourth-order valence-corrected chi connectivity index (χ4v) is 2.22. The summed E-state index contributed by atoms with van der Waals surface area (Å²) < 4.78 is 1.50. The van der Waals surface area contributed by atoms with Crippen LogP contribution in [0.5, 0.6) is 0 Å². The Morgan fingerprint density at radius 3 is 2.58 bits per heavy atom. The zero-order valence-corrected chi connectivity index (χ0v) is 10.2. The second kappa shape index (κ2) is 3.94. The number of anilines is 1. The van der Waals surface area contributed by atoms with Crippen molar-refractivity contribution in [3.63, 3.8) is 0 Å². The molecule has 1 aliphatic heterocycles. The number of nitrogens with zero attached hydrogens (tertiary/aromatic N) is 2. The highest BCUT2D eigenvalue weighted by atomic mass is 16.2. The van der Waals surface area contributed by atoms with Crippen LogP contribution in [-0.2, 0) is 16.6 Å². The quantitative estimate of drug-likeness (QED) is 0.747. The third kappa shape index (κ3) is 1.69. The lowest BCUT2D eigenvalue weighted by Gasteiger charge is -2.18. The smallest absolute Gasteiger partial charge is 0.255 e. The van der Waals surface area contributed by atoms with Gasteiger partial charge in [-0.25, -0.2) is 5.01 Å². The molecule has 6 heteroatoms. The Bertz CT molecular complexity index is 763. The zero-order chi connectivity index (χ0) is 13.6. The van der Waals surface area contributed by atoms with Gasteiger partial charge in [0.2, 0.25) is 5.91 Å². The van der Waals surface area contributed by atoms with Crippen LogP contribution in [-0.4, -0.2) is 16.4 Å². The first kappa shape index (κ1) is 11.5. The van der Waals surface area contributed by atoms with Crippen LogP contribution in [0, 0.1) is 0 Å². The number of nitrogens with one attached hydrogen (secondary N) is 1. The number of amides is 2. The second-order valence-electron chi connectivity index (χ2n) is 4.38. The monoisotopic (exact) mass is 257 g/mol. The molecule has 19 heavy (non-hydrogen) atoms. The van der Waals surface area contributed by atoms with Crippen LogP contribution in [0.1, 0.15) is 6.42 Å². The van der Waals surface area contributed by atoms with Crippen molar-refractivity contribution >= 4 is 28.4 Å². The highest BCUT2D eigenvalue weighted by molar-refractivity contribution is 6.14. The Morgan fingerprint density at radius 1 is 1.16 bits per heavy atom. The van der Waals surface area contributed by atoms with Crippen molar-refractivity contribution in [2.45, 2.75) is 6.42 Å². The maximum Gasteiger partial charge on any atom is 0.255 e. The normalized spacial score (nSPS) is 15.1. The topological polar surface area (TPSA) is 71.4 Å². The van der Waals surface area contributed by atoms with E-state index in [-0.39, 0.29) is 23.8 Å². The number of benzene rings is 1. The van der Waals surface area contributed by atoms with Crippen LogP contribution in [0.2, 0.25) is 0 Å². The summed E-state index contributed by atoms with van der Waals surface area (Å²) in [6.45, 7) is 0. The standard InChI is InChI=1S/C13H11N3O3/c1-15-9-5-3-2-4-8(9)10(6-12(15)18)16-13(19)7-11(17)14-16/h2-6H,7H2,1H3,(H,14,17). The molecule has 96 valence electrons. The van der Waals surface area contributed by atoms with Gasteiger partial charge in [0.1, 0.15) is 6.42 Å². The van der Waals surface area contributed by atoms with Crippen LogP contribution in [0.3, 0.4) is 0 Å². The maximum atomic E-state index is 11.9. The summed E-state index contributed by atoms with van der Waals surface area (Å²) in [7, 11) is 1.67. The number of carbonyl (C=O) groups is 2. The van der Waals surface area contributed by atoms with Crippen molar-refractivity contribution in [2.75, 3.05) is 5.01 Å². The van der Waals surface area contributed by atoms with Gasteiger partial charge < -0.3 is 4.57 Å². The Hall–Kier alpha value is -2.63. The molecule has 0 atom stereocenters. The third-order valence-corrected chi connectivity index (χ3v) is 3.17. The maximum absolute atomic E-state index is 11.9. The number of aromatic nitrogens is 1. The van der Waals surface area contributed by atoms with Crippen molar-refractivity contribution in [1.82, 2.24) is 9.99 Å². The largest absolute Gasteiger partial charge is 0.311 e. The van der Waals surface area contributed by atoms with E-state index in [1.165, 1.54) is 10.6 Å². The second-order valence-corrected chi connectivity index (χ2v) is 4.38. The Labute approximate surface area is 108 Å². The van der Waals surface area contributed by atoms with Crippen molar-refractivity contribution in [2.24, 2.45) is 7.05 Å². The number of para-hydroxylation sites is 1. The Balaban J connectivity index is 2.30.